The molecule has 0 atom stereocenters. The van der Waals surface area contributed by atoms with E-state index < -0.39 is 6.72 Å². The first-order valence-electron chi connectivity index (χ1n) is 5.28. The van der Waals surface area contributed by atoms with Crippen LogP contribution in [0.1, 0.15) is 0 Å². The second-order valence-electron chi connectivity index (χ2n) is 3.48. The molecule has 0 aliphatic carbocycles. The van der Waals surface area contributed by atoms with Crippen LogP contribution in [-0.2, 0) is 32.1 Å². The molecular formula is C10H12N3O4PS. The fraction of sp³-hybridized carbons (Fsp3) is 0.300. The Hall–Kier alpha value is -1.18. The zero-order chi connectivity index (χ0) is 13.9. The fourth-order valence-corrected chi connectivity index (χ4v) is 2.17. The molecule has 0 bridgehead atoms. The number of aromatic nitrogens is 3. The molecular weight excluding hydrogens is 289 g/mol. The summed E-state index contributed by atoms with van der Waals surface area (Å²) in [5, 5.41) is 8.15. The van der Waals surface area contributed by atoms with Crippen LogP contribution in [0.4, 0.5) is 0 Å². The third kappa shape index (κ3) is 3.05. The summed E-state index contributed by atoms with van der Waals surface area (Å²) in [5.74, 6) is 0. The molecule has 19 heavy (non-hydrogen) atoms. The van der Waals surface area contributed by atoms with Crippen molar-refractivity contribution in [2.24, 2.45) is 0 Å². The number of hydrogen-bond acceptors (Lipinski definition) is 7. The van der Waals surface area contributed by atoms with Gasteiger partial charge in [0.1, 0.15) is 5.52 Å². The minimum atomic E-state index is -2.82. The Labute approximate surface area is 114 Å². The van der Waals surface area contributed by atoms with E-state index in [4.69, 9.17) is 25.4 Å². The second kappa shape index (κ2) is 5.85. The van der Waals surface area contributed by atoms with Crippen LogP contribution in [-0.4, -0.2) is 29.2 Å². The minimum absolute atomic E-state index is 0.171. The average Bonchev–Trinajstić information content (AvgIpc) is 2.46. The Kier molecular flexibility index (Phi) is 4.38. The molecule has 7 nitrogen and oxygen atoms in total. The van der Waals surface area contributed by atoms with E-state index in [9.17, 15) is 4.79 Å². The number of fused-ring (bicyclic) bond motifs is 1. The summed E-state index contributed by atoms with van der Waals surface area (Å²) >= 11 is 5.02. The smallest absolute Gasteiger partial charge is 0.312 e. The largest absolute Gasteiger partial charge is 0.328 e. The van der Waals surface area contributed by atoms with Crippen LogP contribution >= 0.6 is 6.72 Å². The molecule has 0 aliphatic heterocycles. The van der Waals surface area contributed by atoms with Gasteiger partial charge in [0.05, 0.1) is 5.39 Å². The van der Waals surface area contributed by atoms with Gasteiger partial charge in [0.15, 0.2) is 6.73 Å². The maximum atomic E-state index is 12.1. The van der Waals surface area contributed by atoms with Crippen LogP contribution in [0.25, 0.3) is 10.9 Å². The second-order valence-corrected chi connectivity index (χ2v) is 6.71. The molecule has 1 aromatic heterocycles. The lowest BCUT2D eigenvalue weighted by Crippen LogP contribution is -2.25. The molecule has 9 heteroatoms. The first-order chi connectivity index (χ1) is 9.09. The summed E-state index contributed by atoms with van der Waals surface area (Å²) < 4.78 is 16.3. The molecule has 102 valence electrons. The van der Waals surface area contributed by atoms with E-state index in [0.29, 0.717) is 10.9 Å². The molecule has 0 spiro atoms. The number of rotatable bonds is 5. The van der Waals surface area contributed by atoms with E-state index in [1.165, 1.54) is 14.2 Å². The highest BCUT2D eigenvalue weighted by molar-refractivity contribution is 8.07. The van der Waals surface area contributed by atoms with Gasteiger partial charge in [-0.1, -0.05) is 17.3 Å². The number of hydrogen-bond donors (Lipinski definition) is 0. The fourth-order valence-electron chi connectivity index (χ4n) is 1.41. The lowest BCUT2D eigenvalue weighted by molar-refractivity contribution is 0.149. The van der Waals surface area contributed by atoms with Crippen molar-refractivity contribution in [1.29, 1.82) is 0 Å². The topological polar surface area (TPSA) is 75.5 Å². The van der Waals surface area contributed by atoms with Gasteiger partial charge >= 0.3 is 6.72 Å². The Morgan fingerprint density at radius 1 is 1.32 bits per heavy atom. The van der Waals surface area contributed by atoms with Crippen molar-refractivity contribution in [3.05, 3.63) is 34.6 Å². The van der Waals surface area contributed by atoms with E-state index in [1.807, 2.05) is 0 Å². The van der Waals surface area contributed by atoms with Gasteiger partial charge in [0, 0.05) is 14.2 Å². The van der Waals surface area contributed by atoms with Gasteiger partial charge in [-0.15, -0.1) is 5.10 Å². The summed E-state index contributed by atoms with van der Waals surface area (Å²) in [6.45, 7) is -2.99. The van der Waals surface area contributed by atoms with Crippen LogP contribution in [0.5, 0.6) is 0 Å². The lowest BCUT2D eigenvalue weighted by atomic mass is 10.2. The Balaban J connectivity index is 2.30. The molecule has 0 unspecified atom stereocenters. The van der Waals surface area contributed by atoms with Gasteiger partial charge in [0.25, 0.3) is 5.56 Å². The molecule has 1 aromatic carbocycles. The normalized spacial score (nSPS) is 11.9. The van der Waals surface area contributed by atoms with E-state index in [-0.39, 0.29) is 12.3 Å². The molecule has 2 rings (SSSR count). The van der Waals surface area contributed by atoms with Crippen molar-refractivity contribution < 1.29 is 13.6 Å². The molecule has 0 amide bonds. The van der Waals surface area contributed by atoms with Crippen molar-refractivity contribution in [2.75, 3.05) is 14.2 Å². The van der Waals surface area contributed by atoms with Crippen LogP contribution in [0, 0.1) is 0 Å². The van der Waals surface area contributed by atoms with Crippen molar-refractivity contribution in [2.45, 2.75) is 6.73 Å². The van der Waals surface area contributed by atoms with Crippen molar-refractivity contribution >= 4 is 29.4 Å². The first-order valence-corrected chi connectivity index (χ1v) is 7.84. The summed E-state index contributed by atoms with van der Waals surface area (Å²) in [4.78, 5) is 12.1. The van der Waals surface area contributed by atoms with Gasteiger partial charge in [-0.25, -0.2) is 0 Å². The molecule has 2 aromatic rings. The van der Waals surface area contributed by atoms with Gasteiger partial charge < -0.3 is 9.05 Å². The Bertz CT molecular complexity index is 682. The first kappa shape index (κ1) is 14.2. The van der Waals surface area contributed by atoms with E-state index in [1.54, 1.807) is 24.3 Å². The third-order valence-corrected chi connectivity index (χ3v) is 4.95. The summed E-state index contributed by atoms with van der Waals surface area (Å²) in [6, 6.07) is 6.92. The summed E-state index contributed by atoms with van der Waals surface area (Å²) in [5.41, 5.74) is 0.223. The SMILES string of the molecule is COP(=S)(OC)OCn1nnc2ccccc2c1=O. The highest BCUT2D eigenvalue weighted by atomic mass is 32.5. The van der Waals surface area contributed by atoms with Crippen LogP contribution in [0.2, 0.25) is 0 Å². The predicted molar refractivity (Wildman–Crippen MR) is 73.2 cm³/mol. The molecule has 0 N–H and O–H groups in total. The molecule has 0 radical (unpaired) electrons. The van der Waals surface area contributed by atoms with Gasteiger partial charge in [-0.2, -0.15) is 4.68 Å². The molecule has 0 fully saturated rings. The number of nitrogens with zero attached hydrogens (tertiary/aromatic N) is 3. The third-order valence-electron chi connectivity index (χ3n) is 2.41. The highest BCUT2D eigenvalue weighted by Crippen LogP contribution is 2.48. The lowest BCUT2D eigenvalue weighted by Gasteiger charge is -2.17. The molecule has 1 heterocycles. The molecule has 0 aliphatic rings. The summed E-state index contributed by atoms with van der Waals surface area (Å²) in [6.07, 6.45) is 0. The van der Waals surface area contributed by atoms with E-state index >= 15 is 0 Å². The van der Waals surface area contributed by atoms with E-state index in [0.717, 1.165) is 4.68 Å². The van der Waals surface area contributed by atoms with Crippen LogP contribution < -0.4 is 5.56 Å². The van der Waals surface area contributed by atoms with Crippen LogP contribution in [0.15, 0.2) is 29.1 Å². The molecule has 0 saturated heterocycles. The van der Waals surface area contributed by atoms with Crippen molar-refractivity contribution in [3.63, 3.8) is 0 Å². The Morgan fingerprint density at radius 3 is 2.68 bits per heavy atom. The monoisotopic (exact) mass is 301 g/mol. The predicted octanol–water partition coefficient (Wildman–Crippen LogP) is 1.28. The highest BCUT2D eigenvalue weighted by Gasteiger charge is 2.17. The van der Waals surface area contributed by atoms with Gasteiger partial charge in [-0.3, -0.25) is 9.32 Å². The standard InChI is InChI=1S/C10H12N3O4PS/c1-15-18(19,16-2)17-7-13-10(14)8-5-3-4-6-9(8)11-12-13/h3-6H,7H2,1-2H3. The maximum absolute atomic E-state index is 12.1. The Morgan fingerprint density at radius 2 is 2.00 bits per heavy atom. The summed E-state index contributed by atoms with van der Waals surface area (Å²) in [7, 11) is 2.78. The van der Waals surface area contributed by atoms with Gasteiger partial charge in [-0.05, 0) is 23.9 Å². The molecule has 0 saturated carbocycles. The quantitative estimate of drug-likeness (QED) is 0.770. The van der Waals surface area contributed by atoms with E-state index in [2.05, 4.69) is 10.3 Å². The average molecular weight is 301 g/mol. The minimum Gasteiger partial charge on any atom is -0.312 e. The maximum Gasteiger partial charge on any atom is 0.328 e. The van der Waals surface area contributed by atoms with Crippen molar-refractivity contribution in [1.82, 2.24) is 15.0 Å². The zero-order valence-electron chi connectivity index (χ0n) is 10.3. The van der Waals surface area contributed by atoms with Crippen LogP contribution in [0.3, 0.4) is 0 Å². The number of benzene rings is 1. The zero-order valence-corrected chi connectivity index (χ0v) is 12.1. The van der Waals surface area contributed by atoms with Gasteiger partial charge in [0.2, 0.25) is 0 Å². The van der Waals surface area contributed by atoms with Crippen molar-refractivity contribution in [3.8, 4) is 0 Å².